The molecule has 0 saturated carbocycles. The smallest absolute Gasteiger partial charge is 0.124 e. The molecule has 43 heavy (non-hydrogen) atoms. The predicted molar refractivity (Wildman–Crippen MR) is 180 cm³/mol. The zero-order chi connectivity index (χ0) is 30.0. The van der Waals surface area contributed by atoms with Gasteiger partial charge in [-0.15, -0.1) is 0 Å². The van der Waals surface area contributed by atoms with Crippen molar-refractivity contribution in [1.82, 2.24) is 10.6 Å². The van der Waals surface area contributed by atoms with Crippen molar-refractivity contribution in [2.75, 3.05) is 33.3 Å². The molecule has 6 heteroatoms. The Morgan fingerprint density at radius 1 is 0.605 bits per heavy atom. The van der Waals surface area contributed by atoms with Crippen LogP contribution in [0.5, 0.6) is 5.75 Å². The van der Waals surface area contributed by atoms with E-state index in [0.29, 0.717) is 11.8 Å². The van der Waals surface area contributed by atoms with Gasteiger partial charge in [0.1, 0.15) is 11.6 Å². The van der Waals surface area contributed by atoms with Crippen LogP contribution in [0.25, 0.3) is 0 Å². The van der Waals surface area contributed by atoms with E-state index in [0.717, 1.165) is 54.6 Å². The zero-order valence-electron chi connectivity index (χ0n) is 25.5. The predicted octanol–water partition coefficient (Wildman–Crippen LogP) is 9.37. The Hall–Kier alpha value is -2.77. The van der Waals surface area contributed by atoms with E-state index >= 15 is 0 Å². The van der Waals surface area contributed by atoms with Gasteiger partial charge in [0, 0.05) is 19.6 Å². The maximum Gasteiger partial charge on any atom is 0.124 e. The van der Waals surface area contributed by atoms with Crippen molar-refractivity contribution in [1.29, 1.82) is 0 Å². The Bertz CT molecular complexity index is 1450. The van der Waals surface area contributed by atoms with Crippen LogP contribution < -0.4 is 15.4 Å². The fourth-order valence-corrected chi connectivity index (χ4v) is 7.84. The van der Waals surface area contributed by atoms with Crippen LogP contribution >= 0.6 is 23.5 Å². The summed E-state index contributed by atoms with van der Waals surface area (Å²) in [6.07, 6.45) is 4.74. The van der Waals surface area contributed by atoms with Crippen LogP contribution in [0.2, 0.25) is 0 Å². The summed E-state index contributed by atoms with van der Waals surface area (Å²) in [5.74, 6) is 1.89. The van der Waals surface area contributed by atoms with Crippen LogP contribution in [0.15, 0.2) is 105 Å². The molecule has 0 atom stereocenters. The zero-order valence-corrected chi connectivity index (χ0v) is 27.1. The molecule has 0 bridgehead atoms. The van der Waals surface area contributed by atoms with Crippen molar-refractivity contribution >= 4 is 23.5 Å². The second-order valence-corrected chi connectivity index (χ2v) is 13.7. The van der Waals surface area contributed by atoms with E-state index in [4.69, 9.17) is 4.74 Å². The molecule has 0 unspecified atom stereocenters. The second-order valence-electron chi connectivity index (χ2n) is 11.5. The van der Waals surface area contributed by atoms with Crippen molar-refractivity contribution in [2.24, 2.45) is 0 Å². The molecule has 4 aromatic rings. The van der Waals surface area contributed by atoms with Gasteiger partial charge in [0.15, 0.2) is 0 Å². The van der Waals surface area contributed by atoms with Crippen LogP contribution in [0.3, 0.4) is 0 Å². The fraction of sp³-hybridized carbons (Fsp3) is 0.351. The fourth-order valence-electron chi connectivity index (χ4n) is 5.78. The number of hydrogen-bond donors (Lipinski definition) is 2. The highest BCUT2D eigenvalue weighted by Gasteiger charge is 2.20. The summed E-state index contributed by atoms with van der Waals surface area (Å²) in [4.78, 5) is 4.88. The highest BCUT2D eigenvalue weighted by Crippen LogP contribution is 2.39. The summed E-state index contributed by atoms with van der Waals surface area (Å²) in [6, 6.07) is 28.9. The lowest BCUT2D eigenvalue weighted by atomic mass is 9.89. The third kappa shape index (κ3) is 9.12. The number of methoxy groups -OCH3 is 1. The number of piperidine rings is 2. The number of hydrogen-bond acceptors (Lipinski definition) is 5. The number of nitrogens with one attached hydrogen (secondary N) is 2. The van der Waals surface area contributed by atoms with Crippen LogP contribution in [-0.4, -0.2) is 33.3 Å². The summed E-state index contributed by atoms with van der Waals surface area (Å²) in [5, 5.41) is 6.85. The van der Waals surface area contributed by atoms with Gasteiger partial charge in [-0.05, 0) is 143 Å². The van der Waals surface area contributed by atoms with E-state index in [1.807, 2.05) is 42.1 Å². The molecule has 2 N–H and O–H groups in total. The van der Waals surface area contributed by atoms with Gasteiger partial charge in [0.05, 0.1) is 7.11 Å². The minimum atomic E-state index is -0.173. The van der Waals surface area contributed by atoms with Crippen LogP contribution in [0.4, 0.5) is 4.39 Å². The summed E-state index contributed by atoms with van der Waals surface area (Å²) >= 11 is 3.53. The van der Waals surface area contributed by atoms with E-state index in [1.54, 1.807) is 36.6 Å². The molecular weight excluding hydrogens is 572 g/mol. The highest BCUT2D eigenvalue weighted by molar-refractivity contribution is 7.99. The van der Waals surface area contributed by atoms with Gasteiger partial charge in [-0.3, -0.25) is 0 Å². The van der Waals surface area contributed by atoms with Crippen LogP contribution in [-0.2, 0) is 0 Å². The SMILES string of the molecule is COc1ccc(Sc2cc(F)ccc2C2CCNCC2)cc1.Cc1ccc(Sc2ccc(C)cc2C2CCNCC2)cc1. The molecule has 6 rings (SSSR count). The third-order valence-electron chi connectivity index (χ3n) is 8.23. The number of halogens is 1. The standard InChI is InChI=1S/C19H23NS.C18H20FNOS/c1-14-3-6-17(7-4-14)21-19-8-5-15(2)13-18(19)16-9-11-20-12-10-16;1-21-15-3-5-16(6-4-15)22-18-12-14(19)2-7-17(18)13-8-10-20-11-9-13/h3-8,13,16,20H,9-12H2,1-2H3;2-7,12-13,20H,8-11H2,1H3. The number of ether oxygens (including phenoxy) is 1. The molecule has 2 saturated heterocycles. The highest BCUT2D eigenvalue weighted by atomic mass is 32.2. The first kappa shape index (κ1) is 31.6. The molecule has 2 aliphatic rings. The monoisotopic (exact) mass is 614 g/mol. The Morgan fingerprint density at radius 2 is 1.14 bits per heavy atom. The van der Waals surface area contributed by atoms with Crippen molar-refractivity contribution in [3.8, 4) is 5.75 Å². The number of rotatable bonds is 7. The van der Waals surface area contributed by atoms with E-state index in [-0.39, 0.29) is 5.82 Å². The van der Waals surface area contributed by atoms with Crippen molar-refractivity contribution in [2.45, 2.75) is 70.9 Å². The van der Waals surface area contributed by atoms with Gasteiger partial charge in [0.2, 0.25) is 0 Å². The van der Waals surface area contributed by atoms with Gasteiger partial charge in [-0.2, -0.15) is 0 Å². The van der Waals surface area contributed by atoms with Crippen molar-refractivity contribution in [3.05, 3.63) is 113 Å². The average molecular weight is 615 g/mol. The minimum Gasteiger partial charge on any atom is -0.497 e. The first-order valence-electron chi connectivity index (χ1n) is 15.4. The topological polar surface area (TPSA) is 33.3 Å². The lowest BCUT2D eigenvalue weighted by Crippen LogP contribution is -2.26. The Labute approximate surface area is 265 Å². The first-order valence-corrected chi connectivity index (χ1v) is 17.0. The lowest BCUT2D eigenvalue weighted by Gasteiger charge is -2.25. The average Bonchev–Trinajstić information content (AvgIpc) is 3.04. The van der Waals surface area contributed by atoms with E-state index in [9.17, 15) is 4.39 Å². The first-order chi connectivity index (χ1) is 21.0. The molecule has 226 valence electrons. The maximum absolute atomic E-state index is 13.7. The maximum atomic E-state index is 13.7. The molecule has 0 amide bonds. The molecule has 0 aliphatic carbocycles. The Morgan fingerprint density at radius 3 is 1.74 bits per heavy atom. The molecule has 0 radical (unpaired) electrons. The van der Waals surface area contributed by atoms with E-state index < -0.39 is 0 Å². The summed E-state index contributed by atoms with van der Waals surface area (Å²) in [7, 11) is 1.66. The number of aryl methyl sites for hydroxylation is 2. The molecule has 2 heterocycles. The summed E-state index contributed by atoms with van der Waals surface area (Å²) in [6.45, 7) is 8.70. The molecule has 2 fully saturated rings. The summed E-state index contributed by atoms with van der Waals surface area (Å²) in [5.41, 5.74) is 5.50. The summed E-state index contributed by atoms with van der Waals surface area (Å²) < 4.78 is 18.9. The molecule has 0 aromatic heterocycles. The minimum absolute atomic E-state index is 0.173. The Kier molecular flexibility index (Phi) is 11.6. The van der Waals surface area contributed by atoms with Gasteiger partial charge < -0.3 is 15.4 Å². The quantitative estimate of drug-likeness (QED) is 0.217. The second kappa shape index (κ2) is 15.8. The molecule has 3 nitrogen and oxygen atoms in total. The third-order valence-corrected chi connectivity index (χ3v) is 10.4. The normalized spacial score (nSPS) is 15.9. The van der Waals surface area contributed by atoms with Crippen LogP contribution in [0.1, 0.15) is 59.8 Å². The van der Waals surface area contributed by atoms with E-state index in [1.165, 1.54) is 39.3 Å². The molecular formula is C37H43FN2OS2. The molecule has 2 aliphatic heterocycles. The number of benzene rings is 4. The van der Waals surface area contributed by atoms with Gasteiger partial charge in [-0.25, -0.2) is 4.39 Å². The molecule has 4 aromatic carbocycles. The van der Waals surface area contributed by atoms with Crippen LogP contribution in [0, 0.1) is 19.7 Å². The molecule has 0 spiro atoms. The van der Waals surface area contributed by atoms with Gasteiger partial charge in [0.25, 0.3) is 0 Å². The van der Waals surface area contributed by atoms with Crippen molar-refractivity contribution < 1.29 is 9.13 Å². The Balaban J connectivity index is 0.000000171. The van der Waals surface area contributed by atoms with Crippen molar-refractivity contribution in [3.63, 3.8) is 0 Å². The van der Waals surface area contributed by atoms with Gasteiger partial charge in [-0.1, -0.05) is 65.0 Å². The van der Waals surface area contributed by atoms with Gasteiger partial charge >= 0.3 is 0 Å². The lowest BCUT2D eigenvalue weighted by molar-refractivity contribution is 0.414. The van der Waals surface area contributed by atoms with E-state index in [2.05, 4.69) is 66.9 Å². The largest absolute Gasteiger partial charge is 0.497 e.